The monoisotopic (exact) mass is 469 g/mol. The van der Waals surface area contributed by atoms with Crippen LogP contribution in [0.3, 0.4) is 0 Å². The number of halogens is 2. The Balaban J connectivity index is 1.58. The van der Waals surface area contributed by atoms with Crippen molar-refractivity contribution in [1.82, 2.24) is 4.72 Å². The fourth-order valence-electron chi connectivity index (χ4n) is 4.00. The van der Waals surface area contributed by atoms with Crippen molar-refractivity contribution in [3.8, 4) is 0 Å². The molecule has 0 bridgehead atoms. The van der Waals surface area contributed by atoms with Crippen molar-refractivity contribution >= 4 is 44.2 Å². The van der Waals surface area contributed by atoms with Crippen molar-refractivity contribution in [1.29, 1.82) is 0 Å². The molecule has 2 unspecified atom stereocenters. The lowest BCUT2D eigenvalue weighted by atomic mass is 10.1. The van der Waals surface area contributed by atoms with Crippen LogP contribution in [-0.2, 0) is 10.0 Å². The van der Waals surface area contributed by atoms with Gasteiger partial charge in [-0.05, 0) is 70.4 Å². The van der Waals surface area contributed by atoms with Crippen LogP contribution in [0.15, 0.2) is 94.7 Å². The average molecular weight is 470 g/mol. The highest BCUT2D eigenvalue weighted by atomic mass is 35.5. The summed E-state index contributed by atoms with van der Waals surface area (Å²) in [7, 11) is -3.79. The molecule has 0 radical (unpaired) electrons. The summed E-state index contributed by atoms with van der Waals surface area (Å²) in [5.74, 6) is -0.304. The molecule has 1 aliphatic rings. The number of hydrogen-bond donors (Lipinski definition) is 1. The third-order valence-electron chi connectivity index (χ3n) is 5.40. The van der Waals surface area contributed by atoms with Crippen LogP contribution in [0, 0.1) is 5.82 Å². The third kappa shape index (κ3) is 3.85. The molecule has 7 heteroatoms. The van der Waals surface area contributed by atoms with Crippen molar-refractivity contribution < 1.29 is 12.8 Å². The summed E-state index contributed by atoms with van der Waals surface area (Å²) in [5.41, 5.74) is 2.00. The molecular formula is C24H17ClFNO2S2. The highest BCUT2D eigenvalue weighted by Crippen LogP contribution is 2.53. The van der Waals surface area contributed by atoms with E-state index in [0.717, 1.165) is 26.8 Å². The molecule has 0 amide bonds. The maximum atomic E-state index is 13.4. The minimum atomic E-state index is -3.79. The lowest BCUT2D eigenvalue weighted by Gasteiger charge is -2.23. The fraction of sp³-hybridized carbons (Fsp3) is 0.0833. The van der Waals surface area contributed by atoms with E-state index in [2.05, 4.69) is 4.72 Å². The Kier molecular flexibility index (Phi) is 5.26. The van der Waals surface area contributed by atoms with Crippen molar-refractivity contribution in [3.63, 3.8) is 0 Å². The first-order valence-electron chi connectivity index (χ1n) is 9.64. The first-order chi connectivity index (χ1) is 14.9. The van der Waals surface area contributed by atoms with Crippen LogP contribution in [-0.4, -0.2) is 8.42 Å². The molecular weight excluding hydrogens is 453 g/mol. The Hall–Kier alpha value is -2.38. The molecule has 4 aromatic carbocycles. The molecule has 0 heterocycles. The quantitative estimate of drug-likeness (QED) is 0.363. The average Bonchev–Trinajstić information content (AvgIpc) is 3.04. The van der Waals surface area contributed by atoms with Crippen LogP contribution in [0.4, 0.5) is 4.39 Å². The van der Waals surface area contributed by atoms with Gasteiger partial charge in [-0.25, -0.2) is 17.5 Å². The molecule has 0 saturated heterocycles. The van der Waals surface area contributed by atoms with Crippen LogP contribution in [0.1, 0.15) is 22.4 Å². The lowest BCUT2D eigenvalue weighted by Crippen LogP contribution is -2.30. The molecule has 156 valence electrons. The highest BCUT2D eigenvalue weighted by Gasteiger charge is 2.37. The third-order valence-corrected chi connectivity index (χ3v) is 8.43. The van der Waals surface area contributed by atoms with Gasteiger partial charge < -0.3 is 0 Å². The number of rotatable bonds is 5. The van der Waals surface area contributed by atoms with Crippen LogP contribution in [0.2, 0.25) is 5.02 Å². The van der Waals surface area contributed by atoms with E-state index < -0.39 is 16.1 Å². The summed E-state index contributed by atoms with van der Waals surface area (Å²) in [6.45, 7) is 0. The molecule has 0 fully saturated rings. The molecule has 31 heavy (non-hydrogen) atoms. The van der Waals surface area contributed by atoms with Crippen LogP contribution in [0.5, 0.6) is 0 Å². The predicted molar refractivity (Wildman–Crippen MR) is 123 cm³/mol. The minimum Gasteiger partial charge on any atom is -0.207 e. The summed E-state index contributed by atoms with van der Waals surface area (Å²) in [5, 5.41) is 2.40. The molecule has 2 atom stereocenters. The van der Waals surface area contributed by atoms with E-state index in [1.54, 1.807) is 24.3 Å². The number of nitrogens with one attached hydrogen (secondary N) is 1. The first-order valence-corrected chi connectivity index (χ1v) is 12.4. The number of thioether (sulfide) groups is 1. The minimum absolute atomic E-state index is 0.158. The molecule has 3 nitrogen and oxygen atoms in total. The smallest absolute Gasteiger partial charge is 0.207 e. The van der Waals surface area contributed by atoms with Gasteiger partial charge in [0.2, 0.25) is 10.0 Å². The van der Waals surface area contributed by atoms with Crippen LogP contribution < -0.4 is 4.72 Å². The Morgan fingerprint density at radius 1 is 0.839 bits per heavy atom. The summed E-state index contributed by atoms with van der Waals surface area (Å²) in [6.07, 6.45) is 0. The number of benzene rings is 4. The Labute approximate surface area is 189 Å². The molecule has 4 aromatic rings. The van der Waals surface area contributed by atoms with Crippen LogP contribution >= 0.6 is 23.4 Å². The maximum absolute atomic E-state index is 13.4. The summed E-state index contributed by atoms with van der Waals surface area (Å²) >= 11 is 7.45. The van der Waals surface area contributed by atoms with E-state index in [9.17, 15) is 12.8 Å². The van der Waals surface area contributed by atoms with Gasteiger partial charge in [-0.3, -0.25) is 0 Å². The molecule has 0 spiro atoms. The van der Waals surface area contributed by atoms with E-state index in [0.29, 0.717) is 5.02 Å². The maximum Gasteiger partial charge on any atom is 0.241 e. The summed E-state index contributed by atoms with van der Waals surface area (Å²) in [4.78, 5) is 1.03. The highest BCUT2D eigenvalue weighted by molar-refractivity contribution is 7.99. The van der Waals surface area contributed by atoms with E-state index in [1.807, 2.05) is 36.4 Å². The Morgan fingerprint density at radius 2 is 1.48 bits per heavy atom. The number of hydrogen-bond acceptors (Lipinski definition) is 3. The Bertz CT molecular complexity index is 1370. The predicted octanol–water partition coefficient (Wildman–Crippen LogP) is 6.50. The zero-order valence-electron chi connectivity index (χ0n) is 16.1. The number of sulfonamides is 1. The second-order valence-electron chi connectivity index (χ2n) is 7.34. The van der Waals surface area contributed by atoms with Crippen molar-refractivity contribution in [2.45, 2.75) is 21.1 Å². The van der Waals surface area contributed by atoms with E-state index in [4.69, 9.17) is 11.6 Å². The molecule has 5 rings (SSSR count). The van der Waals surface area contributed by atoms with Gasteiger partial charge in [0.15, 0.2) is 0 Å². The largest absolute Gasteiger partial charge is 0.241 e. The SMILES string of the molecule is O=S(=O)(NC1c2cccc3cccc(c23)C1Sc1ccc(F)cc1)c1ccc(Cl)cc1. The first kappa shape index (κ1) is 20.5. The second kappa shape index (κ2) is 7.95. The normalized spacial score (nSPS) is 17.9. The van der Waals surface area contributed by atoms with Gasteiger partial charge in [-0.1, -0.05) is 48.0 Å². The molecule has 0 saturated carbocycles. The van der Waals surface area contributed by atoms with Gasteiger partial charge in [0.25, 0.3) is 0 Å². The van der Waals surface area contributed by atoms with Gasteiger partial charge in [-0.2, -0.15) is 0 Å². The standard InChI is InChI=1S/C24H17ClFNO2S2/c25-16-7-13-19(14-8-16)31(28,29)27-23-20-5-1-3-15-4-2-6-21(22(15)20)24(23)30-18-11-9-17(26)10-12-18/h1-14,23-24,27H. The van der Waals surface area contributed by atoms with E-state index in [1.165, 1.54) is 36.0 Å². The fourth-order valence-corrected chi connectivity index (χ4v) is 6.70. The van der Waals surface area contributed by atoms with E-state index >= 15 is 0 Å². The van der Waals surface area contributed by atoms with Gasteiger partial charge >= 0.3 is 0 Å². The van der Waals surface area contributed by atoms with Gasteiger partial charge in [0, 0.05) is 9.92 Å². The second-order valence-corrected chi connectivity index (χ2v) is 10.7. The zero-order valence-corrected chi connectivity index (χ0v) is 18.5. The molecule has 0 aliphatic heterocycles. The van der Waals surface area contributed by atoms with Crippen molar-refractivity contribution in [2.75, 3.05) is 0 Å². The van der Waals surface area contributed by atoms with E-state index in [-0.39, 0.29) is 16.0 Å². The zero-order chi connectivity index (χ0) is 21.6. The van der Waals surface area contributed by atoms with Gasteiger partial charge in [-0.15, -0.1) is 11.8 Å². The van der Waals surface area contributed by atoms with Gasteiger partial charge in [0.1, 0.15) is 5.82 Å². The van der Waals surface area contributed by atoms with Crippen LogP contribution in [0.25, 0.3) is 10.8 Å². The molecule has 1 aliphatic carbocycles. The molecule has 1 N–H and O–H groups in total. The van der Waals surface area contributed by atoms with Crippen molar-refractivity contribution in [3.05, 3.63) is 107 Å². The van der Waals surface area contributed by atoms with Crippen molar-refractivity contribution in [2.24, 2.45) is 0 Å². The summed E-state index contributed by atoms with van der Waals surface area (Å²) < 4.78 is 42.7. The van der Waals surface area contributed by atoms with Gasteiger partial charge in [0.05, 0.1) is 16.2 Å². The topological polar surface area (TPSA) is 46.2 Å². The Morgan fingerprint density at radius 3 is 2.16 bits per heavy atom. The lowest BCUT2D eigenvalue weighted by molar-refractivity contribution is 0.557. The summed E-state index contributed by atoms with van der Waals surface area (Å²) in [6, 6.07) is 23.9. The molecule has 0 aromatic heterocycles.